The molecule has 0 saturated heterocycles. The number of anilines is 1. The van der Waals surface area contributed by atoms with E-state index in [-0.39, 0.29) is 16.6 Å². The third-order valence-electron chi connectivity index (χ3n) is 4.92. The zero-order valence-electron chi connectivity index (χ0n) is 15.7. The molecule has 2 heterocycles. The molecule has 5 nitrogen and oxygen atoms in total. The summed E-state index contributed by atoms with van der Waals surface area (Å²) in [7, 11) is -3.32. The summed E-state index contributed by atoms with van der Waals surface area (Å²) in [4.78, 5) is 27.9. The molecule has 1 N–H and O–H groups in total. The summed E-state index contributed by atoms with van der Waals surface area (Å²) in [6.07, 6.45) is 5.01. The molecule has 0 spiro atoms. The van der Waals surface area contributed by atoms with Gasteiger partial charge >= 0.3 is 0 Å². The number of benzene rings is 1. The number of nitrogens with one attached hydrogen (secondary N) is 1. The van der Waals surface area contributed by atoms with E-state index in [2.05, 4.69) is 5.32 Å². The number of thiophene rings is 2. The highest BCUT2D eigenvalue weighted by Gasteiger charge is 2.27. The second-order valence-corrected chi connectivity index (χ2v) is 11.0. The van der Waals surface area contributed by atoms with Crippen LogP contribution in [0.5, 0.6) is 0 Å². The first kappa shape index (κ1) is 20.0. The van der Waals surface area contributed by atoms with Crippen LogP contribution in [0.3, 0.4) is 0 Å². The van der Waals surface area contributed by atoms with Crippen molar-refractivity contribution in [1.82, 2.24) is 0 Å². The molecule has 0 saturated carbocycles. The van der Waals surface area contributed by atoms with Crippen LogP contribution < -0.4 is 5.32 Å². The average Bonchev–Trinajstić information content (AvgIpc) is 3.35. The van der Waals surface area contributed by atoms with E-state index in [0.29, 0.717) is 21.0 Å². The smallest absolute Gasteiger partial charge is 0.256 e. The maximum atomic E-state index is 13.1. The summed E-state index contributed by atoms with van der Waals surface area (Å²) < 4.78 is 23.2. The molecule has 0 atom stereocenters. The molecule has 1 aliphatic carbocycles. The van der Waals surface area contributed by atoms with Crippen LogP contribution in [0.25, 0.3) is 0 Å². The molecule has 0 fully saturated rings. The number of hydrogen-bond donors (Lipinski definition) is 1. The highest BCUT2D eigenvalue weighted by molar-refractivity contribution is 7.90. The number of rotatable bonds is 5. The summed E-state index contributed by atoms with van der Waals surface area (Å²) in [6, 6.07) is 9.45. The van der Waals surface area contributed by atoms with E-state index in [1.165, 1.54) is 51.8 Å². The van der Waals surface area contributed by atoms with Gasteiger partial charge in [0.05, 0.1) is 15.3 Å². The van der Waals surface area contributed by atoms with Gasteiger partial charge in [-0.25, -0.2) is 8.42 Å². The Bertz CT molecular complexity index is 1170. The molecule has 1 amide bonds. The lowest BCUT2D eigenvalue weighted by molar-refractivity contribution is 0.102. The number of sulfone groups is 1. The van der Waals surface area contributed by atoms with E-state index in [1.54, 1.807) is 6.07 Å². The summed E-state index contributed by atoms with van der Waals surface area (Å²) in [6.45, 7) is 0. The SMILES string of the molecule is CS(=O)(=O)c1ccc(C(=O)Nc2sc3c(c2C(=O)c2cccs2)CCCC3)cc1. The number of aryl methyl sites for hydroxylation is 1. The highest BCUT2D eigenvalue weighted by atomic mass is 32.2. The van der Waals surface area contributed by atoms with E-state index in [9.17, 15) is 18.0 Å². The Morgan fingerprint density at radius 2 is 1.76 bits per heavy atom. The maximum Gasteiger partial charge on any atom is 0.256 e. The molecular formula is C21H19NO4S3. The van der Waals surface area contributed by atoms with Gasteiger partial charge in [0.1, 0.15) is 5.00 Å². The van der Waals surface area contributed by atoms with E-state index >= 15 is 0 Å². The zero-order valence-corrected chi connectivity index (χ0v) is 18.2. The lowest BCUT2D eigenvalue weighted by atomic mass is 9.93. The Morgan fingerprint density at radius 1 is 1.03 bits per heavy atom. The van der Waals surface area contributed by atoms with Gasteiger partial charge in [-0.15, -0.1) is 22.7 Å². The standard InChI is InChI=1S/C21H19NO4S3/c1-29(25,26)14-10-8-13(9-11-14)20(24)22-21-18(19(23)17-7-4-12-27-17)15-5-2-3-6-16(15)28-21/h4,7-12H,2-3,5-6H2,1H3,(H,22,24). The molecule has 1 aliphatic rings. The molecule has 1 aromatic carbocycles. The molecule has 4 rings (SSSR count). The van der Waals surface area contributed by atoms with Crippen molar-refractivity contribution in [1.29, 1.82) is 0 Å². The van der Waals surface area contributed by atoms with E-state index in [0.717, 1.165) is 37.5 Å². The fourth-order valence-corrected chi connectivity index (χ4v) is 6.04. The van der Waals surface area contributed by atoms with Gasteiger partial charge in [-0.3, -0.25) is 9.59 Å². The van der Waals surface area contributed by atoms with Crippen molar-refractivity contribution in [3.63, 3.8) is 0 Å². The molecule has 0 radical (unpaired) electrons. The third kappa shape index (κ3) is 4.05. The fraction of sp³-hybridized carbons (Fsp3) is 0.238. The van der Waals surface area contributed by atoms with Gasteiger partial charge in [-0.2, -0.15) is 0 Å². The van der Waals surface area contributed by atoms with Crippen molar-refractivity contribution in [2.24, 2.45) is 0 Å². The van der Waals surface area contributed by atoms with Crippen LogP contribution in [0, 0.1) is 0 Å². The zero-order chi connectivity index (χ0) is 20.6. The molecule has 0 unspecified atom stereocenters. The van der Waals surface area contributed by atoms with Crippen molar-refractivity contribution >= 4 is 49.2 Å². The Labute approximate surface area is 177 Å². The minimum absolute atomic E-state index is 0.0536. The Kier molecular flexibility index (Phi) is 5.42. The lowest BCUT2D eigenvalue weighted by Gasteiger charge is -2.12. The molecule has 2 aromatic heterocycles. The van der Waals surface area contributed by atoms with Gasteiger partial charge in [0.2, 0.25) is 5.78 Å². The predicted octanol–water partition coefficient (Wildman–Crippen LogP) is 4.58. The van der Waals surface area contributed by atoms with Crippen LogP contribution >= 0.6 is 22.7 Å². The van der Waals surface area contributed by atoms with Gasteiger partial charge in [0.25, 0.3) is 5.91 Å². The fourth-order valence-electron chi connectivity index (χ4n) is 3.45. The van der Waals surface area contributed by atoms with Crippen LogP contribution in [0.15, 0.2) is 46.7 Å². The van der Waals surface area contributed by atoms with Crippen LogP contribution in [0.4, 0.5) is 5.00 Å². The second-order valence-electron chi connectivity index (χ2n) is 6.97. The summed E-state index contributed by atoms with van der Waals surface area (Å²) in [5.41, 5.74) is 2.01. The summed E-state index contributed by atoms with van der Waals surface area (Å²) >= 11 is 2.87. The minimum Gasteiger partial charge on any atom is -0.313 e. The van der Waals surface area contributed by atoms with Gasteiger partial charge in [-0.05, 0) is 67.0 Å². The number of hydrogen-bond acceptors (Lipinski definition) is 6. The van der Waals surface area contributed by atoms with Crippen molar-refractivity contribution < 1.29 is 18.0 Å². The number of ketones is 1. The molecular weight excluding hydrogens is 426 g/mol. The minimum atomic E-state index is -3.32. The van der Waals surface area contributed by atoms with Crippen molar-refractivity contribution in [3.05, 3.63) is 68.2 Å². The molecule has 150 valence electrons. The average molecular weight is 446 g/mol. The van der Waals surface area contributed by atoms with Crippen molar-refractivity contribution in [3.8, 4) is 0 Å². The van der Waals surface area contributed by atoms with E-state index in [4.69, 9.17) is 0 Å². The van der Waals surface area contributed by atoms with E-state index in [1.807, 2.05) is 11.4 Å². The van der Waals surface area contributed by atoms with Gasteiger partial charge in [0.15, 0.2) is 9.84 Å². The van der Waals surface area contributed by atoms with Crippen LogP contribution in [0.1, 0.15) is 48.9 Å². The third-order valence-corrected chi connectivity index (χ3v) is 8.12. The molecule has 3 aromatic rings. The van der Waals surface area contributed by atoms with Crippen molar-refractivity contribution in [2.75, 3.05) is 11.6 Å². The highest BCUT2D eigenvalue weighted by Crippen LogP contribution is 2.40. The van der Waals surface area contributed by atoms with E-state index < -0.39 is 9.84 Å². The van der Waals surface area contributed by atoms with Gasteiger partial charge in [0, 0.05) is 16.7 Å². The summed E-state index contributed by atoms with van der Waals surface area (Å²) in [5.74, 6) is -0.411. The van der Waals surface area contributed by atoms with Gasteiger partial charge in [-0.1, -0.05) is 6.07 Å². The topological polar surface area (TPSA) is 80.3 Å². The maximum absolute atomic E-state index is 13.1. The van der Waals surface area contributed by atoms with Gasteiger partial charge < -0.3 is 5.32 Å². The van der Waals surface area contributed by atoms with Crippen LogP contribution in [-0.2, 0) is 22.7 Å². The summed E-state index contributed by atoms with van der Waals surface area (Å²) in [5, 5.41) is 5.34. The van der Waals surface area contributed by atoms with Crippen molar-refractivity contribution in [2.45, 2.75) is 30.6 Å². The first-order valence-corrected chi connectivity index (χ1v) is 12.8. The number of carbonyl (C=O) groups is 2. The monoisotopic (exact) mass is 445 g/mol. The normalized spacial score (nSPS) is 13.7. The lowest BCUT2D eigenvalue weighted by Crippen LogP contribution is -2.14. The largest absolute Gasteiger partial charge is 0.313 e. The van der Waals surface area contributed by atoms with Crippen LogP contribution in [0.2, 0.25) is 0 Å². The molecule has 8 heteroatoms. The van der Waals surface area contributed by atoms with Crippen LogP contribution in [-0.4, -0.2) is 26.4 Å². The number of amides is 1. The number of carbonyl (C=O) groups excluding carboxylic acids is 2. The Balaban J connectivity index is 1.67. The Hall–Kier alpha value is -2.29. The molecule has 0 bridgehead atoms. The molecule has 29 heavy (non-hydrogen) atoms. The Morgan fingerprint density at radius 3 is 2.41 bits per heavy atom. The second kappa shape index (κ2) is 7.85. The number of fused-ring (bicyclic) bond motifs is 1. The first-order valence-electron chi connectivity index (χ1n) is 9.19. The predicted molar refractivity (Wildman–Crippen MR) is 116 cm³/mol. The first-order chi connectivity index (χ1) is 13.8. The quantitative estimate of drug-likeness (QED) is 0.583. The molecule has 0 aliphatic heterocycles.